The molecule has 1 amide bonds. The fourth-order valence-corrected chi connectivity index (χ4v) is 3.93. The van der Waals surface area contributed by atoms with Crippen LogP contribution in [0.25, 0.3) is 5.69 Å². The summed E-state index contributed by atoms with van der Waals surface area (Å²) in [5, 5.41) is 11.7. The lowest BCUT2D eigenvalue weighted by atomic mass is 10.3. The van der Waals surface area contributed by atoms with Crippen LogP contribution in [0.3, 0.4) is 0 Å². The second-order valence-electron chi connectivity index (χ2n) is 5.34. The molecule has 0 aliphatic heterocycles. The molecule has 0 atom stereocenters. The molecule has 0 aliphatic carbocycles. The van der Waals surface area contributed by atoms with Gasteiger partial charge in [0.05, 0.1) is 44.3 Å². The standard InChI is InChI=1S/C17H12Cl4N4O2S/c1-27-12-5-3-2-4-11(12)25-8-22-24-17(25)28-7-13(26)23-16-14(20)9(18)6-10(19)15(16)21/h2-6,8H,7H2,1H3,(H,23,26). The number of nitrogens with one attached hydrogen (secondary N) is 1. The molecule has 0 radical (unpaired) electrons. The van der Waals surface area contributed by atoms with Crippen molar-refractivity contribution in [1.29, 1.82) is 0 Å². The summed E-state index contributed by atoms with van der Waals surface area (Å²) in [6.07, 6.45) is 1.54. The first-order valence-corrected chi connectivity index (χ1v) is 10.2. The normalized spacial score (nSPS) is 10.8. The summed E-state index contributed by atoms with van der Waals surface area (Å²) in [6, 6.07) is 8.82. The van der Waals surface area contributed by atoms with Crippen molar-refractivity contribution in [3.63, 3.8) is 0 Å². The Morgan fingerprint density at radius 3 is 2.54 bits per heavy atom. The summed E-state index contributed by atoms with van der Waals surface area (Å²) < 4.78 is 7.09. The van der Waals surface area contributed by atoms with E-state index in [4.69, 9.17) is 51.1 Å². The average molecular weight is 478 g/mol. The molecule has 11 heteroatoms. The van der Waals surface area contributed by atoms with E-state index in [-0.39, 0.29) is 37.4 Å². The van der Waals surface area contributed by atoms with Crippen LogP contribution in [0, 0.1) is 0 Å². The van der Waals surface area contributed by atoms with Crippen molar-refractivity contribution >= 4 is 69.8 Å². The van der Waals surface area contributed by atoms with Crippen molar-refractivity contribution < 1.29 is 9.53 Å². The van der Waals surface area contributed by atoms with Crippen LogP contribution in [0.15, 0.2) is 41.8 Å². The lowest BCUT2D eigenvalue weighted by Gasteiger charge is -2.12. The average Bonchev–Trinajstić information content (AvgIpc) is 3.16. The monoisotopic (exact) mass is 476 g/mol. The van der Waals surface area contributed by atoms with Crippen molar-refractivity contribution in [1.82, 2.24) is 14.8 Å². The second-order valence-corrected chi connectivity index (χ2v) is 7.85. The molecular weight excluding hydrogens is 466 g/mol. The number of thioether (sulfide) groups is 1. The molecule has 6 nitrogen and oxygen atoms in total. The quantitative estimate of drug-likeness (QED) is 0.368. The molecular formula is C17H12Cl4N4O2S. The summed E-state index contributed by atoms with van der Waals surface area (Å²) in [4.78, 5) is 12.4. The summed E-state index contributed by atoms with van der Waals surface area (Å²) in [7, 11) is 1.58. The molecule has 28 heavy (non-hydrogen) atoms. The maximum absolute atomic E-state index is 12.4. The minimum atomic E-state index is -0.360. The van der Waals surface area contributed by atoms with E-state index >= 15 is 0 Å². The number of hydrogen-bond donors (Lipinski definition) is 1. The van der Waals surface area contributed by atoms with Crippen LogP contribution >= 0.6 is 58.2 Å². The van der Waals surface area contributed by atoms with Crippen LogP contribution in [-0.2, 0) is 4.79 Å². The molecule has 1 heterocycles. The van der Waals surface area contributed by atoms with Gasteiger partial charge >= 0.3 is 0 Å². The number of benzene rings is 2. The highest BCUT2D eigenvalue weighted by Gasteiger charge is 2.18. The first-order chi connectivity index (χ1) is 13.4. The Bertz CT molecular complexity index is 1000. The van der Waals surface area contributed by atoms with Crippen LogP contribution in [0.1, 0.15) is 0 Å². The van der Waals surface area contributed by atoms with E-state index in [0.29, 0.717) is 10.9 Å². The molecule has 2 aromatic carbocycles. The van der Waals surface area contributed by atoms with Crippen LogP contribution < -0.4 is 10.1 Å². The Kier molecular flexibility index (Phi) is 6.95. The van der Waals surface area contributed by atoms with Crippen LogP contribution in [-0.4, -0.2) is 33.5 Å². The third kappa shape index (κ3) is 4.50. The third-order valence-corrected chi connectivity index (χ3v) is 6.09. The van der Waals surface area contributed by atoms with Crippen molar-refractivity contribution in [2.45, 2.75) is 5.16 Å². The SMILES string of the molecule is COc1ccccc1-n1cnnc1SCC(=O)Nc1c(Cl)c(Cl)cc(Cl)c1Cl. The highest BCUT2D eigenvalue weighted by Crippen LogP contribution is 2.41. The van der Waals surface area contributed by atoms with Crippen molar-refractivity contribution in [3.05, 3.63) is 56.7 Å². The number of amides is 1. The van der Waals surface area contributed by atoms with Gasteiger partial charge in [-0.15, -0.1) is 10.2 Å². The van der Waals surface area contributed by atoms with Crippen molar-refractivity contribution in [2.24, 2.45) is 0 Å². The highest BCUT2D eigenvalue weighted by molar-refractivity contribution is 7.99. The number of aromatic nitrogens is 3. The number of nitrogens with zero attached hydrogens (tertiary/aromatic N) is 3. The predicted octanol–water partition coefficient (Wildman–Crippen LogP) is 5.62. The molecule has 0 bridgehead atoms. The molecule has 0 fully saturated rings. The number of ether oxygens (including phenoxy) is 1. The van der Waals surface area contributed by atoms with Gasteiger partial charge in [0.15, 0.2) is 5.16 Å². The number of anilines is 1. The zero-order valence-electron chi connectivity index (χ0n) is 14.2. The maximum Gasteiger partial charge on any atom is 0.234 e. The van der Waals surface area contributed by atoms with E-state index in [1.54, 1.807) is 18.0 Å². The van der Waals surface area contributed by atoms with Crippen LogP contribution in [0.5, 0.6) is 5.75 Å². The maximum atomic E-state index is 12.4. The van der Waals surface area contributed by atoms with Gasteiger partial charge in [-0.1, -0.05) is 70.3 Å². The summed E-state index contributed by atoms with van der Waals surface area (Å²) in [5.74, 6) is 0.326. The topological polar surface area (TPSA) is 69.0 Å². The molecule has 3 aromatic rings. The molecule has 0 saturated carbocycles. The molecule has 0 saturated heterocycles. The van der Waals surface area contributed by atoms with Gasteiger partial charge in [-0.3, -0.25) is 9.36 Å². The Morgan fingerprint density at radius 2 is 1.86 bits per heavy atom. The number of carbonyl (C=O) groups excluding carboxylic acids is 1. The van der Waals surface area contributed by atoms with E-state index in [2.05, 4.69) is 15.5 Å². The number of carbonyl (C=O) groups is 1. The van der Waals surface area contributed by atoms with Gasteiger partial charge in [-0.2, -0.15) is 0 Å². The Hall–Kier alpha value is -1.64. The lowest BCUT2D eigenvalue weighted by Crippen LogP contribution is -2.15. The van der Waals surface area contributed by atoms with Gasteiger partial charge in [0, 0.05) is 0 Å². The van der Waals surface area contributed by atoms with Gasteiger partial charge in [-0.05, 0) is 18.2 Å². The number of methoxy groups -OCH3 is 1. The van der Waals surface area contributed by atoms with Crippen LogP contribution in [0.2, 0.25) is 20.1 Å². The van der Waals surface area contributed by atoms with Crippen LogP contribution in [0.4, 0.5) is 5.69 Å². The number of rotatable bonds is 6. The molecule has 1 aromatic heterocycles. The molecule has 0 aliphatic rings. The second kappa shape index (κ2) is 9.24. The number of halogens is 4. The van der Waals surface area contributed by atoms with Gasteiger partial charge in [0.25, 0.3) is 0 Å². The zero-order valence-corrected chi connectivity index (χ0v) is 18.1. The van der Waals surface area contributed by atoms with E-state index in [0.717, 1.165) is 5.69 Å². The zero-order chi connectivity index (χ0) is 20.3. The van der Waals surface area contributed by atoms with Gasteiger partial charge in [0.2, 0.25) is 5.91 Å². The van der Waals surface area contributed by atoms with Gasteiger partial charge < -0.3 is 10.1 Å². The fourth-order valence-electron chi connectivity index (χ4n) is 2.31. The predicted molar refractivity (Wildman–Crippen MR) is 114 cm³/mol. The summed E-state index contributed by atoms with van der Waals surface area (Å²) >= 11 is 25.4. The molecule has 0 spiro atoms. The van der Waals surface area contributed by atoms with Crippen molar-refractivity contribution in [3.8, 4) is 11.4 Å². The Labute approximate surface area is 185 Å². The fraction of sp³-hybridized carbons (Fsp3) is 0.118. The minimum Gasteiger partial charge on any atom is -0.495 e. The van der Waals surface area contributed by atoms with E-state index in [1.807, 2.05) is 24.3 Å². The number of para-hydroxylation sites is 2. The van der Waals surface area contributed by atoms with E-state index in [1.165, 1.54) is 17.8 Å². The smallest absolute Gasteiger partial charge is 0.234 e. The highest BCUT2D eigenvalue weighted by atomic mass is 35.5. The summed E-state index contributed by atoms with van der Waals surface area (Å²) in [5.41, 5.74) is 0.920. The minimum absolute atomic E-state index is 0.0324. The molecule has 0 unspecified atom stereocenters. The first-order valence-electron chi connectivity index (χ1n) is 7.71. The first kappa shape index (κ1) is 21.1. The summed E-state index contributed by atoms with van der Waals surface area (Å²) in [6.45, 7) is 0. The van der Waals surface area contributed by atoms with Gasteiger partial charge in [-0.25, -0.2) is 0 Å². The Balaban J connectivity index is 1.75. The molecule has 146 valence electrons. The lowest BCUT2D eigenvalue weighted by molar-refractivity contribution is -0.113. The molecule has 3 rings (SSSR count). The van der Waals surface area contributed by atoms with E-state index < -0.39 is 0 Å². The van der Waals surface area contributed by atoms with Crippen molar-refractivity contribution in [2.75, 3.05) is 18.2 Å². The van der Waals surface area contributed by atoms with Gasteiger partial charge in [0.1, 0.15) is 12.1 Å². The number of hydrogen-bond acceptors (Lipinski definition) is 5. The largest absolute Gasteiger partial charge is 0.495 e. The Morgan fingerprint density at radius 1 is 1.18 bits per heavy atom. The van der Waals surface area contributed by atoms with E-state index in [9.17, 15) is 4.79 Å². The third-order valence-electron chi connectivity index (χ3n) is 3.57. The molecule has 1 N–H and O–H groups in total.